The van der Waals surface area contributed by atoms with Gasteiger partial charge in [0.1, 0.15) is 6.04 Å². The van der Waals surface area contributed by atoms with Gasteiger partial charge in [-0.05, 0) is 29.8 Å². The SMILES string of the molecule is O=C1[C@@H](NS(=O)(=O)c2ccccc2)Cc2nc(-c3ccccc3)ccc2N1Cc1ccccc1. The number of nitrogens with one attached hydrogen (secondary N) is 1. The molecule has 6 nitrogen and oxygen atoms in total. The van der Waals surface area contributed by atoms with Gasteiger partial charge in [-0.15, -0.1) is 0 Å². The van der Waals surface area contributed by atoms with Crippen LogP contribution in [0, 0.1) is 0 Å². The number of hydrogen-bond acceptors (Lipinski definition) is 4. The van der Waals surface area contributed by atoms with E-state index in [-0.39, 0.29) is 17.2 Å². The number of rotatable bonds is 6. The highest BCUT2D eigenvalue weighted by Crippen LogP contribution is 2.31. The molecule has 0 saturated carbocycles. The van der Waals surface area contributed by atoms with Gasteiger partial charge in [-0.1, -0.05) is 78.9 Å². The van der Waals surface area contributed by atoms with Gasteiger partial charge in [0.25, 0.3) is 0 Å². The van der Waals surface area contributed by atoms with Crippen LogP contribution in [0.1, 0.15) is 11.3 Å². The predicted octanol–water partition coefficient (Wildman–Crippen LogP) is 4.19. The van der Waals surface area contributed by atoms with E-state index >= 15 is 0 Å². The number of nitrogens with zero attached hydrogens (tertiary/aromatic N) is 2. The van der Waals surface area contributed by atoms with E-state index in [0.29, 0.717) is 17.9 Å². The summed E-state index contributed by atoms with van der Waals surface area (Å²) in [6.07, 6.45) is 0.173. The average Bonchev–Trinajstić information content (AvgIpc) is 2.88. The number of anilines is 1. The number of benzene rings is 3. The predicted molar refractivity (Wildman–Crippen MR) is 132 cm³/mol. The maximum atomic E-state index is 13.5. The molecule has 0 radical (unpaired) electrons. The van der Waals surface area contributed by atoms with E-state index in [1.807, 2.05) is 72.8 Å². The van der Waals surface area contributed by atoms with Gasteiger partial charge in [-0.2, -0.15) is 4.72 Å². The molecule has 0 aliphatic carbocycles. The Balaban J connectivity index is 1.53. The molecule has 34 heavy (non-hydrogen) atoms. The van der Waals surface area contributed by atoms with Crippen molar-refractivity contribution in [3.05, 3.63) is 114 Å². The van der Waals surface area contributed by atoms with E-state index in [2.05, 4.69) is 4.72 Å². The zero-order chi connectivity index (χ0) is 23.5. The number of pyridine rings is 1. The van der Waals surface area contributed by atoms with Gasteiger partial charge >= 0.3 is 0 Å². The molecule has 0 bridgehead atoms. The Morgan fingerprint density at radius 2 is 1.44 bits per heavy atom. The summed E-state index contributed by atoms with van der Waals surface area (Å²) < 4.78 is 28.6. The zero-order valence-corrected chi connectivity index (χ0v) is 19.2. The Kier molecular flexibility index (Phi) is 5.96. The van der Waals surface area contributed by atoms with E-state index in [1.165, 1.54) is 12.1 Å². The summed E-state index contributed by atoms with van der Waals surface area (Å²) in [6.45, 7) is 0.322. The van der Waals surface area contributed by atoms with Crippen LogP contribution < -0.4 is 9.62 Å². The number of hydrogen-bond donors (Lipinski definition) is 1. The average molecular weight is 470 g/mol. The highest BCUT2D eigenvalue weighted by molar-refractivity contribution is 7.89. The molecule has 0 unspecified atom stereocenters. The maximum Gasteiger partial charge on any atom is 0.245 e. The second kappa shape index (κ2) is 9.21. The lowest BCUT2D eigenvalue weighted by Crippen LogP contribution is -2.52. The Bertz CT molecular complexity index is 1410. The molecule has 170 valence electrons. The number of carbonyl (C=O) groups is 1. The number of aromatic nitrogens is 1. The zero-order valence-electron chi connectivity index (χ0n) is 18.3. The second-order valence-corrected chi connectivity index (χ2v) is 9.84. The van der Waals surface area contributed by atoms with Crippen molar-refractivity contribution in [2.75, 3.05) is 4.90 Å². The van der Waals surface area contributed by atoms with Crippen molar-refractivity contribution >= 4 is 21.6 Å². The van der Waals surface area contributed by atoms with Crippen LogP contribution in [0.4, 0.5) is 5.69 Å². The molecule has 1 aliphatic heterocycles. The lowest BCUT2D eigenvalue weighted by Gasteiger charge is -2.34. The number of sulfonamides is 1. The molecule has 3 aromatic carbocycles. The molecule has 0 saturated heterocycles. The molecule has 0 fully saturated rings. The van der Waals surface area contributed by atoms with Crippen molar-refractivity contribution in [1.82, 2.24) is 9.71 Å². The van der Waals surface area contributed by atoms with Crippen molar-refractivity contribution in [2.45, 2.75) is 23.9 Å². The first-order valence-corrected chi connectivity index (χ1v) is 12.5. The molecule has 5 rings (SSSR count). The van der Waals surface area contributed by atoms with E-state index in [0.717, 1.165) is 16.8 Å². The third-order valence-electron chi connectivity index (χ3n) is 5.81. The summed E-state index contributed by atoms with van der Waals surface area (Å²) in [5, 5.41) is 0. The van der Waals surface area contributed by atoms with Crippen LogP contribution >= 0.6 is 0 Å². The first kappa shape index (κ1) is 22.0. The summed E-state index contributed by atoms with van der Waals surface area (Å²) in [6, 6.07) is 30.3. The molecule has 1 N–H and O–H groups in total. The van der Waals surface area contributed by atoms with E-state index < -0.39 is 16.1 Å². The van der Waals surface area contributed by atoms with Gasteiger partial charge in [-0.25, -0.2) is 8.42 Å². The highest BCUT2D eigenvalue weighted by Gasteiger charge is 2.36. The van der Waals surface area contributed by atoms with E-state index in [4.69, 9.17) is 4.98 Å². The first-order valence-electron chi connectivity index (χ1n) is 11.0. The molecule has 1 aliphatic rings. The molecule has 7 heteroatoms. The fourth-order valence-corrected chi connectivity index (χ4v) is 5.33. The molecule has 1 aromatic heterocycles. The number of fused-ring (bicyclic) bond motifs is 1. The Hall–Kier alpha value is -3.81. The van der Waals surface area contributed by atoms with Crippen LogP contribution in [0.3, 0.4) is 0 Å². The summed E-state index contributed by atoms with van der Waals surface area (Å²) in [5.74, 6) is -0.301. The maximum absolute atomic E-state index is 13.5. The Morgan fingerprint density at radius 3 is 2.12 bits per heavy atom. The van der Waals surface area contributed by atoms with Gasteiger partial charge in [0, 0.05) is 12.0 Å². The molecule has 2 heterocycles. The fourth-order valence-electron chi connectivity index (χ4n) is 4.12. The molecule has 1 atom stereocenters. The number of carbonyl (C=O) groups excluding carboxylic acids is 1. The highest BCUT2D eigenvalue weighted by atomic mass is 32.2. The molecule has 0 spiro atoms. The largest absolute Gasteiger partial charge is 0.305 e. The normalized spacial score (nSPS) is 15.7. The van der Waals surface area contributed by atoms with Crippen LogP contribution in [0.2, 0.25) is 0 Å². The number of amides is 1. The Labute approximate surface area is 199 Å². The smallest absolute Gasteiger partial charge is 0.245 e. The summed E-state index contributed by atoms with van der Waals surface area (Å²) in [7, 11) is -3.88. The van der Waals surface area contributed by atoms with Crippen molar-refractivity contribution in [2.24, 2.45) is 0 Å². The second-order valence-electron chi connectivity index (χ2n) is 8.13. The van der Waals surface area contributed by atoms with Gasteiger partial charge in [-0.3, -0.25) is 9.78 Å². The molecular weight excluding hydrogens is 446 g/mol. The summed E-state index contributed by atoms with van der Waals surface area (Å²) in [4.78, 5) is 20.1. The van der Waals surface area contributed by atoms with Gasteiger partial charge in [0.05, 0.1) is 28.5 Å². The minimum Gasteiger partial charge on any atom is -0.305 e. The lowest BCUT2D eigenvalue weighted by atomic mass is 10.00. The minimum absolute atomic E-state index is 0.120. The van der Waals surface area contributed by atoms with Crippen molar-refractivity contribution in [3.63, 3.8) is 0 Å². The summed E-state index contributed by atoms with van der Waals surface area (Å²) >= 11 is 0. The molecule has 1 amide bonds. The van der Waals surface area contributed by atoms with Crippen LogP contribution in [0.5, 0.6) is 0 Å². The first-order chi connectivity index (χ1) is 16.5. The standard InChI is InChI=1S/C27H23N3O3S/c31-27-25(29-34(32,33)22-14-8-3-9-15-22)18-24-26(30(27)19-20-10-4-1-5-11-20)17-16-23(28-24)21-12-6-2-7-13-21/h1-17,25,29H,18-19H2/t25-/m0/s1. The topological polar surface area (TPSA) is 79.4 Å². The van der Waals surface area contributed by atoms with Gasteiger partial charge < -0.3 is 4.90 Å². The summed E-state index contributed by atoms with van der Waals surface area (Å²) in [5.41, 5.74) is 4.05. The van der Waals surface area contributed by atoms with Crippen molar-refractivity contribution in [3.8, 4) is 11.3 Å². The molecular formula is C27H23N3O3S. The minimum atomic E-state index is -3.88. The third-order valence-corrected chi connectivity index (χ3v) is 7.29. The quantitative estimate of drug-likeness (QED) is 0.459. The van der Waals surface area contributed by atoms with Crippen LogP contribution in [0.15, 0.2) is 108 Å². The van der Waals surface area contributed by atoms with Crippen LogP contribution in [0.25, 0.3) is 11.3 Å². The monoisotopic (exact) mass is 469 g/mol. The Morgan fingerprint density at radius 1 is 0.824 bits per heavy atom. The third kappa shape index (κ3) is 4.48. The molecule has 4 aromatic rings. The lowest BCUT2D eigenvalue weighted by molar-refractivity contribution is -0.120. The van der Waals surface area contributed by atoms with E-state index in [9.17, 15) is 13.2 Å². The van der Waals surface area contributed by atoms with Crippen LogP contribution in [-0.4, -0.2) is 25.4 Å². The van der Waals surface area contributed by atoms with Gasteiger partial charge in [0.2, 0.25) is 15.9 Å². The van der Waals surface area contributed by atoms with Crippen molar-refractivity contribution < 1.29 is 13.2 Å². The van der Waals surface area contributed by atoms with E-state index in [1.54, 1.807) is 23.1 Å². The fraction of sp³-hybridized carbons (Fsp3) is 0.111. The van der Waals surface area contributed by atoms with Crippen molar-refractivity contribution in [1.29, 1.82) is 0 Å². The van der Waals surface area contributed by atoms with Crippen LogP contribution in [-0.2, 0) is 27.8 Å². The van der Waals surface area contributed by atoms with Gasteiger partial charge in [0.15, 0.2) is 0 Å².